The fraction of sp³-hybridized carbons (Fsp3) is 0.762. The third-order valence-corrected chi connectivity index (χ3v) is 6.76. The highest BCUT2D eigenvalue weighted by atomic mass is 16.2. The second kappa shape index (κ2) is 8.03. The lowest BCUT2D eigenvalue weighted by Gasteiger charge is -2.22. The first-order valence-electron chi connectivity index (χ1n) is 10.7. The van der Waals surface area contributed by atoms with Crippen molar-refractivity contribution in [2.45, 2.75) is 70.8 Å². The normalized spacial score (nSPS) is 24.7. The fourth-order valence-corrected chi connectivity index (χ4v) is 5.25. The van der Waals surface area contributed by atoms with Gasteiger partial charge < -0.3 is 10.2 Å². The molecule has 6 nitrogen and oxygen atoms in total. The first-order valence-corrected chi connectivity index (χ1v) is 10.7. The molecule has 1 aliphatic heterocycles. The van der Waals surface area contributed by atoms with Gasteiger partial charge in [-0.05, 0) is 36.7 Å². The predicted molar refractivity (Wildman–Crippen MR) is 103 cm³/mol. The van der Waals surface area contributed by atoms with Crippen molar-refractivity contribution in [1.29, 1.82) is 0 Å². The molecule has 2 heterocycles. The summed E-state index contributed by atoms with van der Waals surface area (Å²) in [5.74, 6) is 2.08. The largest absolute Gasteiger partial charge is 0.354 e. The van der Waals surface area contributed by atoms with Crippen molar-refractivity contribution in [3.05, 3.63) is 17.5 Å². The van der Waals surface area contributed by atoms with Gasteiger partial charge in [0.05, 0.1) is 12.2 Å². The number of nitrogens with zero attached hydrogens (tertiary/aromatic N) is 3. The van der Waals surface area contributed by atoms with Gasteiger partial charge in [-0.25, -0.2) is 0 Å². The molecule has 6 heteroatoms. The van der Waals surface area contributed by atoms with Gasteiger partial charge in [0.2, 0.25) is 11.8 Å². The highest BCUT2D eigenvalue weighted by Crippen LogP contribution is 2.41. The Kier molecular flexibility index (Phi) is 5.50. The SMILES string of the molecule is CC(=O)NCCn1cc2c(n1)[C@H]1CN(C(=O)CCC3CCCC3)C[C@H]1CC2. The molecule has 0 bridgehead atoms. The van der Waals surface area contributed by atoms with E-state index < -0.39 is 0 Å². The quantitative estimate of drug-likeness (QED) is 0.834. The maximum atomic E-state index is 12.7. The molecule has 0 aromatic carbocycles. The molecule has 27 heavy (non-hydrogen) atoms. The van der Waals surface area contributed by atoms with Crippen LogP contribution in [0.5, 0.6) is 0 Å². The van der Waals surface area contributed by atoms with Crippen molar-refractivity contribution in [2.24, 2.45) is 11.8 Å². The van der Waals surface area contributed by atoms with Crippen LogP contribution in [0.15, 0.2) is 6.20 Å². The number of likely N-dealkylation sites (tertiary alicyclic amines) is 1. The van der Waals surface area contributed by atoms with E-state index >= 15 is 0 Å². The average molecular weight is 373 g/mol. The molecule has 2 aliphatic carbocycles. The molecule has 2 atom stereocenters. The summed E-state index contributed by atoms with van der Waals surface area (Å²) in [4.78, 5) is 25.9. The smallest absolute Gasteiger partial charge is 0.222 e. The maximum Gasteiger partial charge on any atom is 0.222 e. The van der Waals surface area contributed by atoms with Gasteiger partial charge in [-0.1, -0.05) is 25.7 Å². The number of aryl methyl sites for hydroxylation is 1. The van der Waals surface area contributed by atoms with Gasteiger partial charge in [-0.3, -0.25) is 14.3 Å². The van der Waals surface area contributed by atoms with Gasteiger partial charge in [0.25, 0.3) is 0 Å². The molecule has 2 fully saturated rings. The zero-order chi connectivity index (χ0) is 18.8. The second-order valence-corrected chi connectivity index (χ2v) is 8.68. The summed E-state index contributed by atoms with van der Waals surface area (Å²) in [5.41, 5.74) is 2.53. The number of nitrogens with one attached hydrogen (secondary N) is 1. The minimum absolute atomic E-state index is 0.00506. The van der Waals surface area contributed by atoms with Crippen molar-refractivity contribution in [3.8, 4) is 0 Å². The summed E-state index contributed by atoms with van der Waals surface area (Å²) in [5, 5.41) is 7.65. The zero-order valence-corrected chi connectivity index (χ0v) is 16.5. The van der Waals surface area contributed by atoms with Crippen LogP contribution in [0.25, 0.3) is 0 Å². The first-order chi connectivity index (χ1) is 13.1. The zero-order valence-electron chi connectivity index (χ0n) is 16.5. The van der Waals surface area contributed by atoms with Crippen LogP contribution in [0.3, 0.4) is 0 Å². The van der Waals surface area contributed by atoms with Gasteiger partial charge >= 0.3 is 0 Å². The van der Waals surface area contributed by atoms with Crippen LogP contribution in [0.2, 0.25) is 0 Å². The summed E-state index contributed by atoms with van der Waals surface area (Å²) in [6.45, 7) is 4.59. The Hall–Kier alpha value is -1.85. The molecule has 3 aliphatic rings. The molecular weight excluding hydrogens is 340 g/mol. The fourth-order valence-electron chi connectivity index (χ4n) is 5.25. The Bertz CT molecular complexity index is 692. The van der Waals surface area contributed by atoms with Crippen molar-refractivity contribution < 1.29 is 9.59 Å². The molecular formula is C21H32N4O2. The van der Waals surface area contributed by atoms with E-state index in [9.17, 15) is 9.59 Å². The molecule has 2 amide bonds. The van der Waals surface area contributed by atoms with Crippen molar-refractivity contribution >= 4 is 11.8 Å². The van der Waals surface area contributed by atoms with Crippen LogP contribution in [-0.4, -0.2) is 46.1 Å². The Morgan fingerprint density at radius 2 is 2.04 bits per heavy atom. The lowest BCUT2D eigenvalue weighted by molar-refractivity contribution is -0.130. The number of hydrogen-bond acceptors (Lipinski definition) is 3. The van der Waals surface area contributed by atoms with Gasteiger partial charge in [-0.2, -0.15) is 5.10 Å². The molecule has 1 saturated heterocycles. The van der Waals surface area contributed by atoms with Crippen LogP contribution < -0.4 is 5.32 Å². The number of hydrogen-bond donors (Lipinski definition) is 1. The van der Waals surface area contributed by atoms with E-state index in [0.717, 1.165) is 44.7 Å². The van der Waals surface area contributed by atoms with E-state index in [4.69, 9.17) is 5.10 Å². The van der Waals surface area contributed by atoms with Crippen LogP contribution in [-0.2, 0) is 22.6 Å². The molecule has 1 N–H and O–H groups in total. The number of carbonyl (C=O) groups excluding carboxylic acids is 2. The Balaban J connectivity index is 1.34. The van der Waals surface area contributed by atoms with Gasteiger partial charge in [-0.15, -0.1) is 0 Å². The Morgan fingerprint density at radius 1 is 1.22 bits per heavy atom. The highest BCUT2D eigenvalue weighted by Gasteiger charge is 2.40. The molecule has 0 spiro atoms. The molecule has 1 aromatic heterocycles. The molecule has 1 aromatic rings. The van der Waals surface area contributed by atoms with Gasteiger partial charge in [0.15, 0.2) is 0 Å². The predicted octanol–water partition coefficient (Wildman–Crippen LogP) is 2.48. The molecule has 0 unspecified atom stereocenters. The number of carbonyl (C=O) groups is 2. The molecule has 0 radical (unpaired) electrons. The van der Waals surface area contributed by atoms with Crippen LogP contribution in [0.1, 0.15) is 69.0 Å². The summed E-state index contributed by atoms with van der Waals surface area (Å²) < 4.78 is 1.97. The average Bonchev–Trinajstić information content (AvgIpc) is 3.36. The summed E-state index contributed by atoms with van der Waals surface area (Å²) in [6.07, 6.45) is 11.5. The molecule has 1 saturated carbocycles. The van der Waals surface area contributed by atoms with E-state index in [1.807, 2.05) is 4.68 Å². The summed E-state index contributed by atoms with van der Waals surface area (Å²) in [7, 11) is 0. The standard InChI is InChI=1S/C21H32N4O2/c1-15(26)22-10-11-25-13-18-8-7-17-12-24(14-19(17)21(18)23-25)20(27)9-6-16-4-2-3-5-16/h13,16-17,19H,2-12,14H2,1H3,(H,22,26)/t17-,19+/m1/s1. The number of aromatic nitrogens is 2. The van der Waals surface area contributed by atoms with Crippen LogP contribution >= 0.6 is 0 Å². The van der Waals surface area contributed by atoms with E-state index in [0.29, 0.717) is 30.8 Å². The van der Waals surface area contributed by atoms with Crippen molar-refractivity contribution in [2.75, 3.05) is 19.6 Å². The number of amides is 2. The van der Waals surface area contributed by atoms with E-state index in [-0.39, 0.29) is 5.91 Å². The molecule has 148 valence electrons. The third-order valence-electron chi connectivity index (χ3n) is 6.76. The summed E-state index contributed by atoms with van der Waals surface area (Å²) >= 11 is 0. The monoisotopic (exact) mass is 372 g/mol. The Morgan fingerprint density at radius 3 is 2.81 bits per heavy atom. The lowest BCUT2D eigenvalue weighted by atomic mass is 9.81. The van der Waals surface area contributed by atoms with E-state index in [1.165, 1.54) is 43.9 Å². The van der Waals surface area contributed by atoms with E-state index in [1.54, 1.807) is 0 Å². The minimum atomic E-state index is -0.00506. The topological polar surface area (TPSA) is 67.2 Å². The minimum Gasteiger partial charge on any atom is -0.354 e. The third kappa shape index (κ3) is 4.19. The summed E-state index contributed by atoms with van der Waals surface area (Å²) in [6, 6.07) is 0. The molecule has 4 rings (SSSR count). The Labute approximate surface area is 161 Å². The van der Waals surface area contributed by atoms with E-state index in [2.05, 4.69) is 16.4 Å². The first kappa shape index (κ1) is 18.5. The number of rotatable bonds is 6. The highest BCUT2D eigenvalue weighted by molar-refractivity contribution is 5.76. The van der Waals surface area contributed by atoms with Crippen LogP contribution in [0.4, 0.5) is 0 Å². The van der Waals surface area contributed by atoms with Gasteiger partial charge in [0, 0.05) is 45.1 Å². The lowest BCUT2D eigenvalue weighted by Crippen LogP contribution is -2.29. The van der Waals surface area contributed by atoms with Crippen LogP contribution in [0, 0.1) is 11.8 Å². The van der Waals surface area contributed by atoms with Crippen molar-refractivity contribution in [1.82, 2.24) is 20.0 Å². The van der Waals surface area contributed by atoms with Crippen molar-refractivity contribution in [3.63, 3.8) is 0 Å². The number of fused-ring (bicyclic) bond motifs is 3. The van der Waals surface area contributed by atoms with Gasteiger partial charge in [0.1, 0.15) is 0 Å². The maximum absolute atomic E-state index is 12.7. The second-order valence-electron chi connectivity index (χ2n) is 8.68.